The summed E-state index contributed by atoms with van der Waals surface area (Å²) in [5, 5.41) is 17.8. The lowest BCUT2D eigenvalue weighted by Crippen LogP contribution is -2.17. The highest BCUT2D eigenvalue weighted by Crippen LogP contribution is 2.21. The predicted molar refractivity (Wildman–Crippen MR) is 65.3 cm³/mol. The number of ether oxygens (including phenoxy) is 1. The fourth-order valence-corrected chi connectivity index (χ4v) is 1.23. The van der Waals surface area contributed by atoms with Gasteiger partial charge in [-0.3, -0.25) is 0 Å². The van der Waals surface area contributed by atoms with Crippen molar-refractivity contribution in [2.75, 3.05) is 6.61 Å². The molecule has 0 amide bonds. The van der Waals surface area contributed by atoms with Crippen molar-refractivity contribution in [2.24, 2.45) is 5.41 Å². The predicted octanol–water partition coefficient (Wildman–Crippen LogP) is 2.51. The second-order valence-electron chi connectivity index (χ2n) is 5.21. The normalized spacial score (nSPS) is 11.1. The molecular weight excluding hydrogens is 236 g/mol. The molecule has 1 aromatic rings. The molecule has 0 fully saturated rings. The monoisotopic (exact) mass is 252 g/mol. The molecule has 0 aliphatic rings. The van der Waals surface area contributed by atoms with Gasteiger partial charge in [0, 0.05) is 0 Å². The van der Waals surface area contributed by atoms with Gasteiger partial charge >= 0.3 is 11.9 Å². The first-order valence-electron chi connectivity index (χ1n) is 5.43. The maximum atomic E-state index is 10.9. The molecule has 5 heteroatoms. The quantitative estimate of drug-likeness (QED) is 0.860. The minimum absolute atomic E-state index is 0.0946. The van der Waals surface area contributed by atoms with Gasteiger partial charge in [-0.05, 0) is 23.6 Å². The van der Waals surface area contributed by atoms with Crippen LogP contribution in [0.1, 0.15) is 41.5 Å². The van der Waals surface area contributed by atoms with Gasteiger partial charge in [0.2, 0.25) is 0 Å². The molecule has 0 aliphatic carbocycles. The average molecular weight is 252 g/mol. The number of rotatable bonds is 4. The number of carboxylic acid groups (broad SMARTS) is 2. The van der Waals surface area contributed by atoms with E-state index in [1.807, 2.05) is 20.8 Å². The number of hydrogen-bond donors (Lipinski definition) is 2. The van der Waals surface area contributed by atoms with Crippen LogP contribution in [0.2, 0.25) is 0 Å². The zero-order chi connectivity index (χ0) is 13.9. The Kier molecular flexibility index (Phi) is 3.96. The number of carbonyl (C=O) groups is 2. The minimum atomic E-state index is -1.18. The maximum Gasteiger partial charge on any atom is 0.335 e. The lowest BCUT2D eigenvalue weighted by Gasteiger charge is -2.19. The van der Waals surface area contributed by atoms with Gasteiger partial charge in [0.15, 0.2) is 0 Å². The van der Waals surface area contributed by atoms with E-state index in [4.69, 9.17) is 14.9 Å². The van der Waals surface area contributed by atoms with Crippen molar-refractivity contribution in [3.8, 4) is 5.75 Å². The molecule has 0 bridgehead atoms. The van der Waals surface area contributed by atoms with Gasteiger partial charge in [0.05, 0.1) is 17.7 Å². The topological polar surface area (TPSA) is 83.8 Å². The van der Waals surface area contributed by atoms with Crippen LogP contribution in [0.4, 0.5) is 0 Å². The Bertz CT molecular complexity index is 439. The lowest BCUT2D eigenvalue weighted by molar-refractivity contribution is 0.0696. The third kappa shape index (κ3) is 4.08. The molecular formula is C13H16O5. The molecule has 0 saturated carbocycles. The van der Waals surface area contributed by atoms with E-state index in [9.17, 15) is 9.59 Å². The highest BCUT2D eigenvalue weighted by Gasteiger charge is 2.15. The van der Waals surface area contributed by atoms with E-state index in [1.54, 1.807) is 0 Å². The zero-order valence-electron chi connectivity index (χ0n) is 10.6. The Balaban J connectivity index is 3.04. The van der Waals surface area contributed by atoms with E-state index in [0.29, 0.717) is 6.61 Å². The van der Waals surface area contributed by atoms with E-state index in [2.05, 4.69) is 0 Å². The second kappa shape index (κ2) is 5.08. The van der Waals surface area contributed by atoms with Crippen LogP contribution in [0.3, 0.4) is 0 Å². The Hall–Kier alpha value is -2.04. The van der Waals surface area contributed by atoms with Gasteiger partial charge < -0.3 is 14.9 Å². The third-order valence-electron chi connectivity index (χ3n) is 2.07. The van der Waals surface area contributed by atoms with E-state index >= 15 is 0 Å². The van der Waals surface area contributed by atoms with Gasteiger partial charge in [-0.1, -0.05) is 20.8 Å². The number of aromatic carboxylic acids is 2. The largest absolute Gasteiger partial charge is 0.493 e. The van der Waals surface area contributed by atoms with Crippen molar-refractivity contribution in [1.82, 2.24) is 0 Å². The molecule has 18 heavy (non-hydrogen) atoms. The Labute approximate surface area is 105 Å². The first-order chi connectivity index (χ1) is 8.19. The van der Waals surface area contributed by atoms with Crippen LogP contribution < -0.4 is 4.74 Å². The summed E-state index contributed by atoms with van der Waals surface area (Å²) in [4.78, 5) is 21.8. The van der Waals surface area contributed by atoms with Crippen LogP contribution >= 0.6 is 0 Å². The van der Waals surface area contributed by atoms with Crippen LogP contribution in [0.25, 0.3) is 0 Å². The summed E-state index contributed by atoms with van der Waals surface area (Å²) in [6.45, 7) is 6.26. The summed E-state index contributed by atoms with van der Waals surface area (Å²) in [7, 11) is 0. The molecule has 0 unspecified atom stereocenters. The molecule has 0 saturated heterocycles. The fraction of sp³-hybridized carbons (Fsp3) is 0.385. The molecule has 2 N–H and O–H groups in total. The summed E-state index contributed by atoms with van der Waals surface area (Å²) in [5.74, 6) is -2.11. The third-order valence-corrected chi connectivity index (χ3v) is 2.07. The minimum Gasteiger partial charge on any atom is -0.493 e. The van der Waals surface area contributed by atoms with Gasteiger partial charge in [0.25, 0.3) is 0 Å². The van der Waals surface area contributed by atoms with Crippen molar-refractivity contribution in [3.05, 3.63) is 29.3 Å². The van der Waals surface area contributed by atoms with Crippen LogP contribution in [0.5, 0.6) is 5.75 Å². The molecule has 0 atom stereocenters. The Morgan fingerprint density at radius 3 is 1.83 bits per heavy atom. The first-order valence-corrected chi connectivity index (χ1v) is 5.43. The van der Waals surface area contributed by atoms with Crippen molar-refractivity contribution < 1.29 is 24.5 Å². The number of hydrogen-bond acceptors (Lipinski definition) is 3. The summed E-state index contributed by atoms with van der Waals surface area (Å²) in [6.07, 6.45) is 0. The second-order valence-corrected chi connectivity index (χ2v) is 5.21. The summed E-state index contributed by atoms with van der Waals surface area (Å²) in [6, 6.07) is 3.75. The summed E-state index contributed by atoms with van der Waals surface area (Å²) < 4.78 is 5.43. The van der Waals surface area contributed by atoms with Gasteiger partial charge in [-0.25, -0.2) is 9.59 Å². The van der Waals surface area contributed by atoms with Crippen molar-refractivity contribution >= 4 is 11.9 Å². The van der Waals surface area contributed by atoms with Crippen molar-refractivity contribution in [2.45, 2.75) is 20.8 Å². The van der Waals surface area contributed by atoms with E-state index < -0.39 is 11.9 Å². The Morgan fingerprint density at radius 2 is 1.50 bits per heavy atom. The lowest BCUT2D eigenvalue weighted by atomic mass is 9.98. The summed E-state index contributed by atoms with van der Waals surface area (Å²) in [5.41, 5.74) is -0.291. The molecule has 0 radical (unpaired) electrons. The van der Waals surface area contributed by atoms with Crippen LogP contribution in [0.15, 0.2) is 18.2 Å². The number of carboxylic acids is 2. The van der Waals surface area contributed by atoms with Gasteiger partial charge in [0.1, 0.15) is 5.75 Å². The van der Waals surface area contributed by atoms with Crippen molar-refractivity contribution in [3.63, 3.8) is 0 Å². The smallest absolute Gasteiger partial charge is 0.335 e. The van der Waals surface area contributed by atoms with E-state index in [0.717, 1.165) is 6.07 Å². The molecule has 1 aromatic carbocycles. The standard InChI is InChI=1S/C13H16O5/c1-13(2,3)7-18-10-5-8(11(14)15)4-9(6-10)12(16)17/h4-6H,7H2,1-3H3,(H,14,15)(H,16,17). The molecule has 0 spiro atoms. The molecule has 0 aliphatic heterocycles. The van der Waals surface area contributed by atoms with Gasteiger partial charge in [-0.2, -0.15) is 0 Å². The average Bonchev–Trinajstić information content (AvgIpc) is 2.25. The van der Waals surface area contributed by atoms with Crippen molar-refractivity contribution in [1.29, 1.82) is 0 Å². The SMILES string of the molecule is CC(C)(C)COc1cc(C(=O)O)cc(C(=O)O)c1. The molecule has 1 rings (SSSR count). The van der Waals surface area contributed by atoms with Crippen LogP contribution in [-0.4, -0.2) is 28.8 Å². The number of benzene rings is 1. The highest BCUT2D eigenvalue weighted by molar-refractivity contribution is 5.94. The molecule has 0 aromatic heterocycles. The molecule has 0 heterocycles. The molecule has 98 valence electrons. The summed E-state index contributed by atoms with van der Waals surface area (Å²) >= 11 is 0. The molecule has 5 nitrogen and oxygen atoms in total. The first kappa shape index (κ1) is 14.0. The van der Waals surface area contributed by atoms with Crippen LogP contribution in [0, 0.1) is 5.41 Å². The fourth-order valence-electron chi connectivity index (χ4n) is 1.23. The van der Waals surface area contributed by atoms with E-state index in [-0.39, 0.29) is 22.3 Å². The van der Waals surface area contributed by atoms with E-state index in [1.165, 1.54) is 12.1 Å². The van der Waals surface area contributed by atoms with Crippen LogP contribution in [-0.2, 0) is 0 Å². The van der Waals surface area contributed by atoms with Gasteiger partial charge in [-0.15, -0.1) is 0 Å². The highest BCUT2D eigenvalue weighted by atomic mass is 16.5. The Morgan fingerprint density at radius 1 is 1.06 bits per heavy atom. The zero-order valence-corrected chi connectivity index (χ0v) is 10.6. The maximum absolute atomic E-state index is 10.9.